The topological polar surface area (TPSA) is 41.6 Å². The molecule has 0 bridgehead atoms. The first-order valence-corrected chi connectivity index (χ1v) is 10.7. The fraction of sp³-hybridized carbons (Fsp3) is 0.480. The molecule has 1 heterocycles. The van der Waals surface area contributed by atoms with Gasteiger partial charge in [0.1, 0.15) is 5.75 Å². The van der Waals surface area contributed by atoms with E-state index < -0.39 is 6.10 Å². The van der Waals surface area contributed by atoms with Crippen molar-refractivity contribution >= 4 is 11.6 Å². The molecule has 1 aliphatic heterocycles. The summed E-state index contributed by atoms with van der Waals surface area (Å²) in [5.74, 6) is 1.41. The van der Waals surface area contributed by atoms with Crippen LogP contribution in [0.3, 0.4) is 0 Å². The molecular formula is C25H34N2O2. The second-order valence-electron chi connectivity index (χ2n) is 8.47. The second-order valence-corrected chi connectivity index (χ2v) is 8.47. The number of aryl methyl sites for hydroxylation is 1. The maximum Gasteiger partial charge on any atom is 0.261 e. The third-order valence-corrected chi connectivity index (χ3v) is 6.00. The molecule has 0 saturated carbocycles. The lowest BCUT2D eigenvalue weighted by Gasteiger charge is -2.33. The Morgan fingerprint density at radius 3 is 2.55 bits per heavy atom. The van der Waals surface area contributed by atoms with E-state index >= 15 is 0 Å². The molecule has 1 fully saturated rings. The molecule has 2 aromatic rings. The zero-order valence-electron chi connectivity index (χ0n) is 18.4. The number of rotatable bonds is 6. The van der Waals surface area contributed by atoms with Crippen LogP contribution in [-0.2, 0) is 4.79 Å². The Morgan fingerprint density at radius 2 is 1.86 bits per heavy atom. The van der Waals surface area contributed by atoms with Gasteiger partial charge in [0.25, 0.3) is 5.91 Å². The van der Waals surface area contributed by atoms with Crippen LogP contribution >= 0.6 is 0 Å². The largest absolute Gasteiger partial charge is 0.481 e. The van der Waals surface area contributed by atoms with Crippen LogP contribution in [0.5, 0.6) is 5.75 Å². The van der Waals surface area contributed by atoms with Crippen molar-refractivity contribution in [1.29, 1.82) is 0 Å². The average Bonchev–Trinajstić information content (AvgIpc) is 2.71. The third kappa shape index (κ3) is 5.31. The Kier molecular flexibility index (Phi) is 6.83. The van der Waals surface area contributed by atoms with Gasteiger partial charge in [0.15, 0.2) is 6.10 Å². The number of hydrogen-bond donors (Lipinski definition) is 1. The summed E-state index contributed by atoms with van der Waals surface area (Å²) in [5, 5.41) is 3.08. The monoisotopic (exact) mass is 394 g/mol. The highest BCUT2D eigenvalue weighted by atomic mass is 16.5. The van der Waals surface area contributed by atoms with Gasteiger partial charge >= 0.3 is 0 Å². The van der Waals surface area contributed by atoms with E-state index in [0.29, 0.717) is 0 Å². The Balaban J connectivity index is 1.58. The lowest BCUT2D eigenvalue weighted by molar-refractivity contribution is -0.127. The van der Waals surface area contributed by atoms with Crippen molar-refractivity contribution in [1.82, 2.24) is 5.32 Å². The fourth-order valence-electron chi connectivity index (χ4n) is 3.91. The molecular weight excluding hydrogens is 360 g/mol. The second kappa shape index (κ2) is 9.34. The highest BCUT2D eigenvalue weighted by Crippen LogP contribution is 2.25. The first-order chi connectivity index (χ1) is 13.8. The Hall–Kier alpha value is -2.49. The number of hydrogen-bond acceptors (Lipinski definition) is 3. The number of piperidine rings is 1. The molecule has 4 heteroatoms. The van der Waals surface area contributed by atoms with Crippen molar-refractivity contribution in [3.8, 4) is 5.75 Å². The quantitative estimate of drug-likeness (QED) is 0.733. The highest BCUT2D eigenvalue weighted by Gasteiger charge is 2.20. The molecule has 1 saturated heterocycles. The van der Waals surface area contributed by atoms with E-state index in [1.807, 2.05) is 39.0 Å². The number of carbonyl (C=O) groups is 1. The number of benzene rings is 2. The predicted octanol–water partition coefficient (Wildman–Crippen LogP) is 5.18. The van der Waals surface area contributed by atoms with Crippen LogP contribution in [0.15, 0.2) is 42.5 Å². The van der Waals surface area contributed by atoms with Gasteiger partial charge in [-0.1, -0.05) is 31.2 Å². The molecule has 0 spiro atoms. The Morgan fingerprint density at radius 1 is 1.14 bits per heavy atom. The summed E-state index contributed by atoms with van der Waals surface area (Å²) < 4.78 is 5.91. The molecule has 3 rings (SSSR count). The van der Waals surface area contributed by atoms with E-state index in [2.05, 4.69) is 41.4 Å². The van der Waals surface area contributed by atoms with Crippen LogP contribution in [0, 0.1) is 19.8 Å². The summed E-state index contributed by atoms with van der Waals surface area (Å²) in [6, 6.07) is 14.4. The summed E-state index contributed by atoms with van der Waals surface area (Å²) in [6.07, 6.45) is 2.03. The lowest BCUT2D eigenvalue weighted by Crippen LogP contribution is -2.38. The SMILES string of the molecule is Cc1cccc(O[C@H](C)C(=O)N[C@H](C)c2ccc(N3CCC[C@H](C)C3)cc2)c1C. The summed E-state index contributed by atoms with van der Waals surface area (Å²) in [6.45, 7) is 12.4. The maximum atomic E-state index is 12.6. The summed E-state index contributed by atoms with van der Waals surface area (Å²) in [4.78, 5) is 15.1. The number of nitrogens with one attached hydrogen (secondary N) is 1. The molecule has 2 aromatic carbocycles. The van der Waals surface area contributed by atoms with Gasteiger partial charge in [-0.25, -0.2) is 0 Å². The van der Waals surface area contributed by atoms with E-state index in [-0.39, 0.29) is 11.9 Å². The van der Waals surface area contributed by atoms with E-state index in [1.54, 1.807) is 6.92 Å². The normalized spacial score (nSPS) is 18.8. The number of nitrogens with zero attached hydrogens (tertiary/aromatic N) is 1. The standard InChI is InChI=1S/C25H34N2O2/c1-17-8-7-15-27(16-17)23-13-11-22(12-14-23)20(4)26-25(28)21(5)29-24-10-6-9-18(2)19(24)3/h6,9-14,17,20-21H,7-8,15-16H2,1-5H3,(H,26,28)/t17-,20+,21+/m0/s1. The van der Waals surface area contributed by atoms with Gasteiger partial charge in [0, 0.05) is 18.8 Å². The molecule has 29 heavy (non-hydrogen) atoms. The van der Waals surface area contributed by atoms with E-state index in [0.717, 1.165) is 41.4 Å². The summed E-state index contributed by atoms with van der Waals surface area (Å²) >= 11 is 0. The van der Waals surface area contributed by atoms with Crippen molar-refractivity contribution in [2.24, 2.45) is 5.92 Å². The van der Waals surface area contributed by atoms with Crippen LogP contribution in [0.4, 0.5) is 5.69 Å². The molecule has 1 N–H and O–H groups in total. The van der Waals surface area contributed by atoms with Gasteiger partial charge in [-0.2, -0.15) is 0 Å². The van der Waals surface area contributed by atoms with Gasteiger partial charge in [0.05, 0.1) is 6.04 Å². The molecule has 0 radical (unpaired) electrons. The lowest BCUT2D eigenvalue weighted by atomic mass is 9.99. The molecule has 1 amide bonds. The first-order valence-electron chi connectivity index (χ1n) is 10.7. The van der Waals surface area contributed by atoms with Crippen molar-refractivity contribution in [2.45, 2.75) is 59.6 Å². The minimum absolute atomic E-state index is 0.0681. The molecule has 1 aliphatic rings. The zero-order valence-corrected chi connectivity index (χ0v) is 18.4. The van der Waals surface area contributed by atoms with Crippen molar-refractivity contribution < 1.29 is 9.53 Å². The average molecular weight is 395 g/mol. The molecule has 156 valence electrons. The predicted molar refractivity (Wildman–Crippen MR) is 120 cm³/mol. The minimum atomic E-state index is -0.549. The van der Waals surface area contributed by atoms with Gasteiger partial charge in [0.2, 0.25) is 0 Å². The molecule has 3 atom stereocenters. The highest BCUT2D eigenvalue weighted by molar-refractivity contribution is 5.81. The summed E-state index contributed by atoms with van der Waals surface area (Å²) in [7, 11) is 0. The molecule has 4 nitrogen and oxygen atoms in total. The zero-order chi connectivity index (χ0) is 21.0. The van der Waals surface area contributed by atoms with Crippen LogP contribution in [0.1, 0.15) is 56.3 Å². The number of carbonyl (C=O) groups excluding carboxylic acids is 1. The van der Waals surface area contributed by atoms with Crippen molar-refractivity contribution in [3.05, 3.63) is 59.2 Å². The molecule has 0 aromatic heterocycles. The third-order valence-electron chi connectivity index (χ3n) is 6.00. The molecule has 0 unspecified atom stereocenters. The van der Waals surface area contributed by atoms with Crippen LogP contribution in [-0.4, -0.2) is 25.1 Å². The van der Waals surface area contributed by atoms with Gasteiger partial charge < -0.3 is 15.0 Å². The number of amides is 1. The van der Waals surface area contributed by atoms with Gasteiger partial charge in [-0.3, -0.25) is 4.79 Å². The summed E-state index contributed by atoms with van der Waals surface area (Å²) in [5.41, 5.74) is 4.60. The van der Waals surface area contributed by atoms with Crippen LogP contribution < -0.4 is 15.0 Å². The Bertz CT molecular complexity index is 831. The van der Waals surface area contributed by atoms with Crippen molar-refractivity contribution in [2.75, 3.05) is 18.0 Å². The minimum Gasteiger partial charge on any atom is -0.481 e. The fourth-order valence-corrected chi connectivity index (χ4v) is 3.91. The van der Waals surface area contributed by atoms with Gasteiger partial charge in [-0.15, -0.1) is 0 Å². The van der Waals surface area contributed by atoms with Crippen molar-refractivity contribution in [3.63, 3.8) is 0 Å². The van der Waals surface area contributed by atoms with Crippen LogP contribution in [0.25, 0.3) is 0 Å². The van der Waals surface area contributed by atoms with E-state index in [4.69, 9.17) is 4.74 Å². The van der Waals surface area contributed by atoms with E-state index in [9.17, 15) is 4.79 Å². The smallest absolute Gasteiger partial charge is 0.261 e. The van der Waals surface area contributed by atoms with Crippen LogP contribution in [0.2, 0.25) is 0 Å². The van der Waals surface area contributed by atoms with E-state index in [1.165, 1.54) is 18.5 Å². The maximum absolute atomic E-state index is 12.6. The number of anilines is 1. The Labute approximate surface area is 175 Å². The van der Waals surface area contributed by atoms with Gasteiger partial charge in [-0.05, 0) is 81.3 Å². The first kappa shape index (κ1) is 21.2. The molecule has 0 aliphatic carbocycles. The number of ether oxygens (including phenoxy) is 1.